The molecule has 0 saturated carbocycles. The van der Waals surface area contributed by atoms with E-state index in [1.165, 1.54) is 0 Å². The van der Waals surface area contributed by atoms with Crippen molar-refractivity contribution in [1.82, 2.24) is 10.2 Å². The number of methoxy groups -OCH3 is 1. The minimum absolute atomic E-state index is 0.0941. The van der Waals surface area contributed by atoms with Crippen LogP contribution in [0.3, 0.4) is 0 Å². The smallest absolute Gasteiger partial charge is 0.237 e. The summed E-state index contributed by atoms with van der Waals surface area (Å²) in [7, 11) is 1.64. The highest BCUT2D eigenvalue weighted by atomic mass is 16.5. The molecule has 1 amide bonds. The first-order valence-corrected chi connectivity index (χ1v) is 7.46. The van der Waals surface area contributed by atoms with E-state index in [1.54, 1.807) is 7.11 Å². The average Bonchev–Trinajstić information content (AvgIpc) is 2.47. The maximum absolute atomic E-state index is 11.9. The van der Waals surface area contributed by atoms with Crippen molar-refractivity contribution in [3.63, 3.8) is 0 Å². The molecule has 1 fully saturated rings. The van der Waals surface area contributed by atoms with Crippen molar-refractivity contribution in [1.29, 1.82) is 0 Å². The molecule has 1 aromatic carbocycles. The number of benzene rings is 1. The molecule has 1 aromatic rings. The molecule has 0 aliphatic carbocycles. The summed E-state index contributed by atoms with van der Waals surface area (Å²) in [5.41, 5.74) is 0. The predicted molar refractivity (Wildman–Crippen MR) is 81.7 cm³/mol. The number of ether oxygens (including phenoxy) is 2. The number of nitrogens with one attached hydrogen (secondary N) is 1. The van der Waals surface area contributed by atoms with Crippen LogP contribution in [-0.4, -0.2) is 49.7 Å². The van der Waals surface area contributed by atoms with Crippen molar-refractivity contribution in [3.8, 4) is 11.5 Å². The van der Waals surface area contributed by atoms with Crippen LogP contribution in [-0.2, 0) is 4.79 Å². The molecule has 2 rings (SSSR count). The average molecular weight is 292 g/mol. The molecule has 1 aliphatic rings. The monoisotopic (exact) mass is 292 g/mol. The Labute approximate surface area is 126 Å². The fraction of sp³-hybridized carbons (Fsp3) is 0.562. The van der Waals surface area contributed by atoms with Crippen molar-refractivity contribution < 1.29 is 14.3 Å². The Morgan fingerprint density at radius 3 is 2.81 bits per heavy atom. The van der Waals surface area contributed by atoms with Gasteiger partial charge in [-0.15, -0.1) is 0 Å². The normalized spacial score (nSPS) is 16.9. The number of carbonyl (C=O) groups is 1. The minimum atomic E-state index is -0.0956. The number of amides is 1. The van der Waals surface area contributed by atoms with Gasteiger partial charge in [0, 0.05) is 25.7 Å². The fourth-order valence-corrected chi connectivity index (χ4v) is 2.29. The van der Waals surface area contributed by atoms with Gasteiger partial charge >= 0.3 is 0 Å². The van der Waals surface area contributed by atoms with Crippen LogP contribution in [0.15, 0.2) is 24.3 Å². The largest absolute Gasteiger partial charge is 0.497 e. The van der Waals surface area contributed by atoms with E-state index < -0.39 is 0 Å². The first-order valence-electron chi connectivity index (χ1n) is 7.46. The van der Waals surface area contributed by atoms with Crippen molar-refractivity contribution in [2.24, 2.45) is 0 Å². The van der Waals surface area contributed by atoms with Crippen molar-refractivity contribution in [3.05, 3.63) is 24.3 Å². The van der Waals surface area contributed by atoms with Crippen LogP contribution in [0.1, 0.15) is 20.3 Å². The second-order valence-corrected chi connectivity index (χ2v) is 5.34. The van der Waals surface area contributed by atoms with Gasteiger partial charge in [-0.3, -0.25) is 9.69 Å². The lowest BCUT2D eigenvalue weighted by Gasteiger charge is -2.42. The number of nitrogens with zero attached hydrogens (tertiary/aromatic N) is 1. The maximum Gasteiger partial charge on any atom is 0.237 e. The third kappa shape index (κ3) is 4.11. The number of rotatable bonds is 7. The van der Waals surface area contributed by atoms with Crippen LogP contribution in [0, 0.1) is 0 Å². The Balaban J connectivity index is 1.77. The highest BCUT2D eigenvalue weighted by Gasteiger charge is 2.34. The number of carbonyl (C=O) groups excluding carboxylic acids is 1. The summed E-state index contributed by atoms with van der Waals surface area (Å²) in [4.78, 5) is 14.0. The Kier molecular flexibility index (Phi) is 5.44. The third-order valence-corrected chi connectivity index (χ3v) is 3.70. The molecule has 116 valence electrons. The minimum Gasteiger partial charge on any atom is -0.497 e. The molecule has 1 aliphatic heterocycles. The molecule has 1 N–H and O–H groups in total. The van der Waals surface area contributed by atoms with Crippen LogP contribution in [0.5, 0.6) is 11.5 Å². The molecular weight excluding hydrogens is 268 g/mol. The lowest BCUT2D eigenvalue weighted by Crippen LogP contribution is -2.60. The van der Waals surface area contributed by atoms with Gasteiger partial charge in [0.2, 0.25) is 5.91 Å². The zero-order valence-electron chi connectivity index (χ0n) is 13.0. The molecule has 5 nitrogen and oxygen atoms in total. The number of hydrogen-bond donors (Lipinski definition) is 1. The topological polar surface area (TPSA) is 50.8 Å². The highest BCUT2D eigenvalue weighted by Crippen LogP contribution is 2.23. The van der Waals surface area contributed by atoms with Gasteiger partial charge in [-0.05, 0) is 25.5 Å². The van der Waals surface area contributed by atoms with Gasteiger partial charge in [0.05, 0.1) is 13.2 Å². The Hall–Kier alpha value is -1.75. The van der Waals surface area contributed by atoms with E-state index in [0.29, 0.717) is 0 Å². The van der Waals surface area contributed by atoms with Gasteiger partial charge in [0.15, 0.2) is 0 Å². The molecule has 1 heterocycles. The summed E-state index contributed by atoms with van der Waals surface area (Å²) < 4.78 is 11.1. The molecule has 0 radical (unpaired) electrons. The van der Waals surface area contributed by atoms with Gasteiger partial charge in [-0.2, -0.15) is 0 Å². The Morgan fingerprint density at radius 2 is 2.14 bits per heavy atom. The van der Waals surface area contributed by atoms with Crippen molar-refractivity contribution in [2.75, 3.05) is 26.7 Å². The van der Waals surface area contributed by atoms with E-state index in [2.05, 4.69) is 10.2 Å². The van der Waals surface area contributed by atoms with Gasteiger partial charge in [0.25, 0.3) is 0 Å². The SMILES string of the molecule is CCCNC(=O)C(C)N1CC(Oc2cccc(OC)c2)C1. The lowest BCUT2D eigenvalue weighted by atomic mass is 10.1. The molecule has 1 unspecified atom stereocenters. The standard InChI is InChI=1S/C16H24N2O3/c1-4-8-17-16(19)12(2)18-10-15(11-18)21-14-7-5-6-13(9-14)20-3/h5-7,9,12,15H,4,8,10-11H2,1-3H3,(H,17,19). The van der Waals surface area contributed by atoms with Gasteiger partial charge in [-0.1, -0.05) is 13.0 Å². The van der Waals surface area contributed by atoms with E-state index in [0.717, 1.165) is 37.6 Å². The summed E-state index contributed by atoms with van der Waals surface area (Å²) in [6.07, 6.45) is 1.10. The van der Waals surface area contributed by atoms with Gasteiger partial charge < -0.3 is 14.8 Å². The summed E-state index contributed by atoms with van der Waals surface area (Å²) >= 11 is 0. The summed E-state index contributed by atoms with van der Waals surface area (Å²) in [5.74, 6) is 1.69. The third-order valence-electron chi connectivity index (χ3n) is 3.70. The van der Waals surface area contributed by atoms with Gasteiger partial charge in [-0.25, -0.2) is 0 Å². The van der Waals surface area contributed by atoms with E-state index in [9.17, 15) is 4.79 Å². The molecule has 0 spiro atoms. The van der Waals surface area contributed by atoms with Crippen LogP contribution in [0.2, 0.25) is 0 Å². The van der Waals surface area contributed by atoms with E-state index in [4.69, 9.17) is 9.47 Å². The van der Waals surface area contributed by atoms with Crippen LogP contribution in [0.25, 0.3) is 0 Å². The Bertz CT molecular complexity index is 472. The van der Waals surface area contributed by atoms with E-state index in [1.807, 2.05) is 38.1 Å². The Morgan fingerprint density at radius 1 is 1.43 bits per heavy atom. The van der Waals surface area contributed by atoms with Crippen LogP contribution < -0.4 is 14.8 Å². The zero-order chi connectivity index (χ0) is 15.2. The summed E-state index contributed by atoms with van der Waals surface area (Å²) in [6, 6.07) is 7.50. The molecule has 1 atom stereocenters. The first-order chi connectivity index (χ1) is 10.1. The van der Waals surface area contributed by atoms with Crippen molar-refractivity contribution in [2.45, 2.75) is 32.4 Å². The zero-order valence-corrected chi connectivity index (χ0v) is 13.0. The molecule has 5 heteroatoms. The fourth-order valence-electron chi connectivity index (χ4n) is 2.29. The number of hydrogen-bond acceptors (Lipinski definition) is 4. The molecule has 0 bridgehead atoms. The molecular formula is C16H24N2O3. The van der Waals surface area contributed by atoms with Crippen molar-refractivity contribution >= 4 is 5.91 Å². The maximum atomic E-state index is 11.9. The second kappa shape index (κ2) is 7.31. The van der Waals surface area contributed by atoms with E-state index >= 15 is 0 Å². The summed E-state index contributed by atoms with van der Waals surface area (Å²) in [5, 5.41) is 2.92. The number of likely N-dealkylation sites (tertiary alicyclic amines) is 1. The van der Waals surface area contributed by atoms with E-state index in [-0.39, 0.29) is 18.1 Å². The lowest BCUT2D eigenvalue weighted by molar-refractivity contribution is -0.129. The predicted octanol–water partition coefficient (Wildman–Crippen LogP) is 1.67. The first kappa shape index (κ1) is 15.6. The molecule has 1 saturated heterocycles. The second-order valence-electron chi connectivity index (χ2n) is 5.34. The van der Waals surface area contributed by atoms with Crippen LogP contribution >= 0.6 is 0 Å². The quantitative estimate of drug-likeness (QED) is 0.830. The van der Waals surface area contributed by atoms with Crippen LogP contribution in [0.4, 0.5) is 0 Å². The summed E-state index contributed by atoms with van der Waals surface area (Å²) in [6.45, 7) is 6.27. The molecule has 0 aromatic heterocycles. The highest BCUT2D eigenvalue weighted by molar-refractivity contribution is 5.81. The molecule has 21 heavy (non-hydrogen) atoms. The van der Waals surface area contributed by atoms with Gasteiger partial charge in [0.1, 0.15) is 17.6 Å².